The third-order valence-corrected chi connectivity index (χ3v) is 6.37. The highest BCUT2D eigenvalue weighted by molar-refractivity contribution is 6.36. The molecule has 0 aliphatic carbocycles. The van der Waals surface area contributed by atoms with Crippen molar-refractivity contribution in [2.24, 2.45) is 0 Å². The minimum absolute atomic E-state index is 0.0865. The van der Waals surface area contributed by atoms with E-state index in [-0.39, 0.29) is 45.2 Å². The van der Waals surface area contributed by atoms with Crippen molar-refractivity contribution in [3.63, 3.8) is 0 Å². The van der Waals surface area contributed by atoms with Crippen molar-refractivity contribution >= 4 is 40.6 Å². The Kier molecular flexibility index (Phi) is 6.79. The molecule has 0 spiro atoms. The number of fused-ring (bicyclic) bond motifs is 1. The van der Waals surface area contributed by atoms with Crippen molar-refractivity contribution in [3.05, 3.63) is 63.3 Å². The van der Waals surface area contributed by atoms with Gasteiger partial charge in [-0.2, -0.15) is 18.3 Å². The fourth-order valence-electron chi connectivity index (χ4n) is 3.89. The summed E-state index contributed by atoms with van der Waals surface area (Å²) >= 11 is 12.5. The van der Waals surface area contributed by atoms with Crippen LogP contribution in [0.15, 0.2) is 36.4 Å². The summed E-state index contributed by atoms with van der Waals surface area (Å²) in [7, 11) is 2.77. The number of carbonyl (C=O) groups excluding carboxylic acids is 1. The molecule has 2 unspecified atom stereocenters. The second kappa shape index (κ2) is 9.50. The van der Waals surface area contributed by atoms with Gasteiger partial charge in [-0.05, 0) is 12.5 Å². The standard InChI is InChI=1S/C23H21Cl2F3N4O3/c1-11-4-6-12(7-5-11)14-10-18(23(26,27)28)32-21(29-14)19(25)20(31-32)22(33)30-15-9-16(34-2)13(24)8-17(15)35-3/h4-9,14,18,29H,10H2,1-3H3,(H,30,33). The number of amides is 1. The SMILES string of the molecule is COc1cc(NC(=O)c2nn3c(c2Cl)NC(c2ccc(C)cc2)CC3C(F)(F)F)c(OC)cc1Cl. The Morgan fingerprint density at radius 3 is 2.40 bits per heavy atom. The highest BCUT2D eigenvalue weighted by Crippen LogP contribution is 2.46. The van der Waals surface area contributed by atoms with Gasteiger partial charge in [0, 0.05) is 18.6 Å². The maximum atomic E-state index is 14.0. The van der Waals surface area contributed by atoms with E-state index < -0.39 is 24.2 Å². The van der Waals surface area contributed by atoms with E-state index in [0.29, 0.717) is 5.56 Å². The molecule has 186 valence electrons. The molecular formula is C23H21Cl2F3N4O3. The fraction of sp³-hybridized carbons (Fsp3) is 0.304. The molecule has 1 aliphatic heterocycles. The summed E-state index contributed by atoms with van der Waals surface area (Å²) < 4.78 is 53.1. The van der Waals surface area contributed by atoms with Crippen molar-refractivity contribution in [3.8, 4) is 11.5 Å². The monoisotopic (exact) mass is 528 g/mol. The molecular weight excluding hydrogens is 508 g/mol. The van der Waals surface area contributed by atoms with Crippen molar-refractivity contribution in [1.82, 2.24) is 9.78 Å². The molecule has 4 rings (SSSR count). The molecule has 3 aromatic rings. The zero-order valence-electron chi connectivity index (χ0n) is 18.8. The van der Waals surface area contributed by atoms with Crippen LogP contribution in [0.4, 0.5) is 24.7 Å². The number of halogens is 5. The molecule has 2 atom stereocenters. The van der Waals surface area contributed by atoms with Gasteiger partial charge in [0.1, 0.15) is 22.3 Å². The van der Waals surface area contributed by atoms with Crippen LogP contribution in [0.1, 0.15) is 40.1 Å². The normalized spacial score (nSPS) is 17.4. The predicted octanol–water partition coefficient (Wildman–Crippen LogP) is 6.43. The Balaban J connectivity index is 1.71. The molecule has 2 aromatic carbocycles. The Hall–Kier alpha value is -3.11. The summed E-state index contributed by atoms with van der Waals surface area (Å²) in [6, 6.07) is 7.35. The lowest BCUT2D eigenvalue weighted by Gasteiger charge is -2.33. The van der Waals surface area contributed by atoms with Gasteiger partial charge in [0.05, 0.1) is 31.0 Å². The lowest BCUT2D eigenvalue weighted by atomic mass is 9.96. The summed E-state index contributed by atoms with van der Waals surface area (Å²) in [6.45, 7) is 1.89. The van der Waals surface area contributed by atoms with Gasteiger partial charge in [0.15, 0.2) is 11.7 Å². The fourth-order valence-corrected chi connectivity index (χ4v) is 4.39. The number of hydrogen-bond donors (Lipinski definition) is 2. The second-order valence-electron chi connectivity index (χ2n) is 8.00. The number of ether oxygens (including phenoxy) is 2. The van der Waals surface area contributed by atoms with Crippen LogP contribution >= 0.6 is 23.2 Å². The van der Waals surface area contributed by atoms with Crippen LogP contribution in [-0.4, -0.2) is 36.1 Å². The van der Waals surface area contributed by atoms with E-state index >= 15 is 0 Å². The molecule has 2 heterocycles. The van der Waals surface area contributed by atoms with Crippen molar-refractivity contribution in [1.29, 1.82) is 0 Å². The van der Waals surface area contributed by atoms with Crippen LogP contribution in [-0.2, 0) is 0 Å². The average Bonchev–Trinajstić information content (AvgIpc) is 3.15. The Bertz CT molecular complexity index is 1260. The lowest BCUT2D eigenvalue weighted by molar-refractivity contribution is -0.173. The Labute approximate surface area is 209 Å². The number of carbonyl (C=O) groups is 1. The van der Waals surface area contributed by atoms with E-state index in [9.17, 15) is 18.0 Å². The number of aromatic nitrogens is 2. The summed E-state index contributed by atoms with van der Waals surface area (Å²) in [5, 5.41) is 9.54. The van der Waals surface area contributed by atoms with E-state index in [0.717, 1.165) is 10.2 Å². The van der Waals surface area contributed by atoms with Gasteiger partial charge in [-0.15, -0.1) is 0 Å². The highest BCUT2D eigenvalue weighted by atomic mass is 35.5. The minimum Gasteiger partial charge on any atom is -0.495 e. The maximum absolute atomic E-state index is 14.0. The number of alkyl halides is 3. The quantitative estimate of drug-likeness (QED) is 0.399. The molecule has 0 bridgehead atoms. The number of aryl methyl sites for hydroxylation is 1. The Morgan fingerprint density at radius 1 is 1.14 bits per heavy atom. The molecule has 2 N–H and O–H groups in total. The molecule has 35 heavy (non-hydrogen) atoms. The summed E-state index contributed by atoms with van der Waals surface area (Å²) in [4.78, 5) is 13.0. The molecule has 0 saturated heterocycles. The smallest absolute Gasteiger partial charge is 0.410 e. The highest BCUT2D eigenvalue weighted by Gasteiger charge is 2.47. The second-order valence-corrected chi connectivity index (χ2v) is 8.78. The molecule has 0 radical (unpaired) electrons. The summed E-state index contributed by atoms with van der Waals surface area (Å²) in [5.41, 5.74) is 1.45. The zero-order valence-corrected chi connectivity index (χ0v) is 20.3. The number of rotatable bonds is 5. The largest absolute Gasteiger partial charge is 0.495 e. The van der Waals surface area contributed by atoms with Crippen molar-refractivity contribution in [2.45, 2.75) is 31.6 Å². The van der Waals surface area contributed by atoms with E-state index in [2.05, 4.69) is 15.7 Å². The van der Waals surface area contributed by atoms with E-state index in [1.165, 1.54) is 26.4 Å². The first-order chi connectivity index (χ1) is 16.5. The van der Waals surface area contributed by atoms with Gasteiger partial charge in [-0.25, -0.2) is 4.68 Å². The molecule has 0 fully saturated rings. The molecule has 1 aromatic heterocycles. The summed E-state index contributed by atoms with van der Waals surface area (Å²) in [6.07, 6.45) is -4.93. The van der Waals surface area contributed by atoms with Gasteiger partial charge in [-0.1, -0.05) is 53.0 Å². The van der Waals surface area contributed by atoms with E-state index in [1.54, 1.807) is 12.1 Å². The van der Waals surface area contributed by atoms with Gasteiger partial charge in [0.2, 0.25) is 0 Å². The van der Waals surface area contributed by atoms with Crippen LogP contribution < -0.4 is 20.1 Å². The Morgan fingerprint density at radius 2 is 1.80 bits per heavy atom. The van der Waals surface area contributed by atoms with Gasteiger partial charge < -0.3 is 20.1 Å². The number of nitrogens with one attached hydrogen (secondary N) is 2. The maximum Gasteiger partial charge on any atom is 0.410 e. The first-order valence-electron chi connectivity index (χ1n) is 10.4. The molecule has 12 heteroatoms. The van der Waals surface area contributed by atoms with Crippen molar-refractivity contribution in [2.75, 3.05) is 24.9 Å². The topological polar surface area (TPSA) is 77.4 Å². The number of hydrogen-bond acceptors (Lipinski definition) is 5. The molecule has 7 nitrogen and oxygen atoms in total. The van der Waals surface area contributed by atoms with Gasteiger partial charge >= 0.3 is 6.18 Å². The molecule has 1 aliphatic rings. The molecule has 1 amide bonds. The van der Waals surface area contributed by atoms with E-state index in [1.807, 2.05) is 19.1 Å². The van der Waals surface area contributed by atoms with Crippen LogP contribution in [0.3, 0.4) is 0 Å². The van der Waals surface area contributed by atoms with Gasteiger partial charge in [0.25, 0.3) is 5.91 Å². The number of methoxy groups -OCH3 is 2. The lowest BCUT2D eigenvalue weighted by Crippen LogP contribution is -2.35. The average molecular weight is 529 g/mol. The van der Waals surface area contributed by atoms with Gasteiger partial charge in [-0.3, -0.25) is 4.79 Å². The van der Waals surface area contributed by atoms with Crippen LogP contribution in [0.5, 0.6) is 11.5 Å². The number of anilines is 2. The molecule has 0 saturated carbocycles. The first kappa shape index (κ1) is 25.0. The number of benzene rings is 2. The van der Waals surface area contributed by atoms with Crippen LogP contribution in [0, 0.1) is 6.92 Å². The summed E-state index contributed by atoms with van der Waals surface area (Å²) in [5.74, 6) is -0.432. The van der Waals surface area contributed by atoms with Crippen LogP contribution in [0.25, 0.3) is 0 Å². The minimum atomic E-state index is -4.62. The third kappa shape index (κ3) is 4.85. The van der Waals surface area contributed by atoms with E-state index in [4.69, 9.17) is 32.7 Å². The zero-order chi connectivity index (χ0) is 25.5. The van der Waals surface area contributed by atoms with Crippen LogP contribution in [0.2, 0.25) is 10.0 Å². The van der Waals surface area contributed by atoms with Crippen molar-refractivity contribution < 1.29 is 27.4 Å². The number of nitrogens with zero attached hydrogens (tertiary/aromatic N) is 2. The first-order valence-corrected chi connectivity index (χ1v) is 11.2. The third-order valence-electron chi connectivity index (χ3n) is 5.71. The predicted molar refractivity (Wildman–Crippen MR) is 127 cm³/mol.